The highest BCUT2D eigenvalue weighted by atomic mass is 16.5. The second-order valence-electron chi connectivity index (χ2n) is 6.13. The Morgan fingerprint density at radius 1 is 1.19 bits per heavy atom. The number of nitrogens with zero attached hydrogens (tertiary/aromatic N) is 1. The first-order valence-electron chi connectivity index (χ1n) is 8.72. The highest BCUT2D eigenvalue weighted by Crippen LogP contribution is 2.17. The van der Waals surface area contributed by atoms with Gasteiger partial charge in [-0.15, -0.1) is 0 Å². The van der Waals surface area contributed by atoms with Crippen LogP contribution in [0, 0.1) is 0 Å². The van der Waals surface area contributed by atoms with Crippen LogP contribution >= 0.6 is 0 Å². The van der Waals surface area contributed by atoms with Gasteiger partial charge in [-0.2, -0.15) is 0 Å². The molecule has 0 saturated carbocycles. The number of amides is 1. The van der Waals surface area contributed by atoms with E-state index in [0.29, 0.717) is 6.54 Å². The van der Waals surface area contributed by atoms with Crippen molar-refractivity contribution in [3.05, 3.63) is 69.0 Å². The van der Waals surface area contributed by atoms with Crippen LogP contribution in [0.2, 0.25) is 0 Å². The Hall–Kier alpha value is -3.16. The molecule has 2 aromatic rings. The normalized spacial score (nSPS) is 12.8. The highest BCUT2D eigenvalue weighted by Gasteiger charge is 2.19. The van der Waals surface area contributed by atoms with E-state index >= 15 is 0 Å². The molecule has 27 heavy (non-hydrogen) atoms. The van der Waals surface area contributed by atoms with Crippen molar-refractivity contribution in [2.24, 2.45) is 0 Å². The molecule has 8 heteroatoms. The second-order valence-corrected chi connectivity index (χ2v) is 6.13. The van der Waals surface area contributed by atoms with E-state index in [1.54, 1.807) is 0 Å². The van der Waals surface area contributed by atoms with Gasteiger partial charge in [0.25, 0.3) is 11.5 Å². The van der Waals surface area contributed by atoms with Crippen LogP contribution in [0.3, 0.4) is 0 Å². The van der Waals surface area contributed by atoms with Gasteiger partial charge < -0.3 is 10.1 Å². The van der Waals surface area contributed by atoms with Crippen molar-refractivity contribution < 1.29 is 14.3 Å². The molecule has 0 bridgehead atoms. The largest absolute Gasteiger partial charge is 0.451 e. The zero-order chi connectivity index (χ0) is 19.8. The minimum Gasteiger partial charge on any atom is -0.451 e. The molecule has 0 aliphatic carbocycles. The van der Waals surface area contributed by atoms with E-state index in [9.17, 15) is 19.2 Å². The van der Waals surface area contributed by atoms with E-state index in [1.165, 1.54) is 13.1 Å². The summed E-state index contributed by atoms with van der Waals surface area (Å²) in [7, 11) is 0. The van der Waals surface area contributed by atoms with Gasteiger partial charge in [0.2, 0.25) is 0 Å². The number of rotatable bonds is 8. The van der Waals surface area contributed by atoms with Gasteiger partial charge in [0, 0.05) is 24.7 Å². The quantitative estimate of drug-likeness (QED) is 0.665. The monoisotopic (exact) mass is 373 g/mol. The molecular formula is C19H23N3O5. The molecule has 0 spiro atoms. The molecule has 2 atom stereocenters. The Kier molecular flexibility index (Phi) is 7.10. The number of H-pyrrole nitrogens is 1. The molecule has 8 nitrogen and oxygen atoms in total. The Bertz CT molecular complexity index is 888. The average Bonchev–Trinajstić information content (AvgIpc) is 2.65. The van der Waals surface area contributed by atoms with Crippen LogP contribution in [-0.4, -0.2) is 34.1 Å². The maximum absolute atomic E-state index is 12.2. The molecule has 0 aliphatic rings. The van der Waals surface area contributed by atoms with E-state index in [2.05, 4.69) is 5.32 Å². The van der Waals surface area contributed by atoms with Gasteiger partial charge in [-0.3, -0.25) is 23.9 Å². The minimum atomic E-state index is -0.996. The molecule has 2 rings (SSSR count). The number of aromatic amines is 1. The van der Waals surface area contributed by atoms with Crippen LogP contribution < -0.4 is 16.6 Å². The molecule has 0 fully saturated rings. The second kappa shape index (κ2) is 9.51. The number of nitrogens with one attached hydrogen (secondary N) is 2. The number of hydrogen-bond acceptors (Lipinski definition) is 5. The number of carbonyl (C=O) groups is 2. The van der Waals surface area contributed by atoms with E-state index in [0.717, 1.165) is 22.6 Å². The van der Waals surface area contributed by atoms with Crippen molar-refractivity contribution in [3.63, 3.8) is 0 Å². The fourth-order valence-corrected chi connectivity index (χ4v) is 2.59. The van der Waals surface area contributed by atoms with Crippen LogP contribution in [0.5, 0.6) is 0 Å². The molecule has 0 unspecified atom stereocenters. The van der Waals surface area contributed by atoms with Crippen molar-refractivity contribution in [2.75, 3.05) is 6.54 Å². The lowest BCUT2D eigenvalue weighted by molar-refractivity contribution is -0.155. The van der Waals surface area contributed by atoms with Crippen molar-refractivity contribution in [1.29, 1.82) is 0 Å². The minimum absolute atomic E-state index is 0.165. The van der Waals surface area contributed by atoms with Gasteiger partial charge in [-0.1, -0.05) is 37.3 Å². The van der Waals surface area contributed by atoms with Crippen LogP contribution in [-0.2, 0) is 20.9 Å². The number of ether oxygens (including phenoxy) is 1. The number of carbonyl (C=O) groups excluding carboxylic acids is 2. The fraction of sp³-hybridized carbons (Fsp3) is 0.368. The Morgan fingerprint density at radius 2 is 1.89 bits per heavy atom. The van der Waals surface area contributed by atoms with E-state index in [4.69, 9.17) is 4.74 Å². The predicted molar refractivity (Wildman–Crippen MR) is 99.4 cm³/mol. The van der Waals surface area contributed by atoms with Gasteiger partial charge in [0.05, 0.1) is 0 Å². The fourth-order valence-electron chi connectivity index (χ4n) is 2.59. The lowest BCUT2D eigenvalue weighted by atomic mass is 9.96. The Morgan fingerprint density at radius 3 is 2.52 bits per heavy atom. The summed E-state index contributed by atoms with van der Waals surface area (Å²) in [6, 6.07) is 11.0. The summed E-state index contributed by atoms with van der Waals surface area (Å²) in [5.41, 5.74) is -0.145. The number of esters is 1. The smallest absolute Gasteiger partial charge is 0.328 e. The van der Waals surface area contributed by atoms with Crippen LogP contribution in [0.4, 0.5) is 0 Å². The van der Waals surface area contributed by atoms with Gasteiger partial charge in [0.1, 0.15) is 6.54 Å². The Balaban J connectivity index is 1.86. The molecule has 1 amide bonds. The Labute approximate surface area is 156 Å². The molecule has 1 aromatic carbocycles. The molecule has 2 N–H and O–H groups in total. The van der Waals surface area contributed by atoms with E-state index in [1.807, 2.05) is 42.2 Å². The number of hydrogen-bond donors (Lipinski definition) is 2. The number of benzene rings is 1. The highest BCUT2D eigenvalue weighted by molar-refractivity contribution is 5.83. The van der Waals surface area contributed by atoms with Gasteiger partial charge in [0.15, 0.2) is 6.10 Å². The van der Waals surface area contributed by atoms with E-state index < -0.39 is 35.8 Å². The maximum Gasteiger partial charge on any atom is 0.328 e. The summed E-state index contributed by atoms with van der Waals surface area (Å²) in [4.78, 5) is 48.7. The topological polar surface area (TPSA) is 110 Å². The zero-order valence-electron chi connectivity index (χ0n) is 15.3. The van der Waals surface area contributed by atoms with Crippen LogP contribution in [0.25, 0.3) is 0 Å². The summed E-state index contributed by atoms with van der Waals surface area (Å²) >= 11 is 0. The summed E-state index contributed by atoms with van der Waals surface area (Å²) in [6.07, 6.45) is 1.05. The molecule has 0 radical (unpaired) electrons. The predicted octanol–water partition coefficient (Wildman–Crippen LogP) is 0.778. The number of aromatic nitrogens is 2. The summed E-state index contributed by atoms with van der Waals surface area (Å²) < 4.78 is 6.07. The summed E-state index contributed by atoms with van der Waals surface area (Å²) in [6.45, 7) is 3.54. The third kappa shape index (κ3) is 5.95. The van der Waals surface area contributed by atoms with Crippen molar-refractivity contribution in [3.8, 4) is 0 Å². The van der Waals surface area contributed by atoms with Crippen molar-refractivity contribution >= 4 is 11.9 Å². The molecule has 1 heterocycles. The van der Waals surface area contributed by atoms with Gasteiger partial charge in [-0.05, 0) is 18.9 Å². The molecule has 0 aliphatic heterocycles. The van der Waals surface area contributed by atoms with Gasteiger partial charge >= 0.3 is 11.7 Å². The van der Waals surface area contributed by atoms with Crippen LogP contribution in [0.1, 0.15) is 31.7 Å². The third-order valence-electron chi connectivity index (χ3n) is 4.16. The van der Waals surface area contributed by atoms with E-state index in [-0.39, 0.29) is 5.92 Å². The molecule has 144 valence electrons. The van der Waals surface area contributed by atoms with Gasteiger partial charge in [-0.25, -0.2) is 4.79 Å². The first kappa shape index (κ1) is 20.2. The standard InChI is InChI=1S/C19H23N3O5/c1-3-14(15-7-5-4-6-8-15)11-20-18(25)13(2)27-17(24)12-22-10-9-16(23)21-19(22)26/h4-10,13-14H,3,11-12H2,1-2H3,(H,20,25)(H,21,23,26)/t13-,14+/m1/s1. The summed E-state index contributed by atoms with van der Waals surface area (Å²) in [5, 5.41) is 2.79. The van der Waals surface area contributed by atoms with Crippen LogP contribution in [0.15, 0.2) is 52.2 Å². The molecule has 1 aromatic heterocycles. The zero-order valence-corrected chi connectivity index (χ0v) is 15.3. The SMILES string of the molecule is CC[C@@H](CNC(=O)[C@@H](C)OC(=O)Cn1ccc(=O)[nH]c1=O)c1ccccc1. The first-order chi connectivity index (χ1) is 12.9. The third-order valence-corrected chi connectivity index (χ3v) is 4.16. The first-order valence-corrected chi connectivity index (χ1v) is 8.72. The van der Waals surface area contributed by atoms with Crippen molar-refractivity contribution in [1.82, 2.24) is 14.9 Å². The lowest BCUT2D eigenvalue weighted by Crippen LogP contribution is -2.39. The van der Waals surface area contributed by atoms with Crippen molar-refractivity contribution in [2.45, 2.75) is 38.8 Å². The average molecular weight is 373 g/mol. The lowest BCUT2D eigenvalue weighted by Gasteiger charge is -2.18. The molecule has 0 saturated heterocycles. The maximum atomic E-state index is 12.2. The molecular weight excluding hydrogens is 350 g/mol. The summed E-state index contributed by atoms with van der Waals surface area (Å²) in [5.74, 6) is -0.994.